The van der Waals surface area contributed by atoms with Crippen LogP contribution in [0.2, 0.25) is 0 Å². The summed E-state index contributed by atoms with van der Waals surface area (Å²) < 4.78 is 0. The van der Waals surface area contributed by atoms with Gasteiger partial charge < -0.3 is 0 Å². The number of hydrogen-bond acceptors (Lipinski definition) is 0. The van der Waals surface area contributed by atoms with Crippen LogP contribution < -0.4 is 0 Å². The minimum atomic E-state index is 1.21. The second kappa shape index (κ2) is 13.2. The molecule has 0 radical (unpaired) electrons. The molecule has 0 amide bonds. The molecule has 0 aliphatic rings. The first kappa shape index (κ1) is 32.2. The molecule has 260 valence electrons. The van der Waals surface area contributed by atoms with Crippen molar-refractivity contribution in [1.82, 2.24) is 0 Å². The van der Waals surface area contributed by atoms with E-state index in [-0.39, 0.29) is 0 Å². The fourth-order valence-corrected chi connectivity index (χ4v) is 9.02. The predicted octanol–water partition coefficient (Wildman–Crippen LogP) is 15.8. The summed E-state index contributed by atoms with van der Waals surface area (Å²) in [5.41, 5.74) is 12.4. The molecule has 0 atom stereocenters. The van der Waals surface area contributed by atoms with Gasteiger partial charge in [-0.2, -0.15) is 0 Å². The fourth-order valence-electron chi connectivity index (χ4n) is 9.02. The standard InChI is InChI=1S/C56H36/c1-3-14-37(15-4-1)40-26-27-42-35-44(29-28-41(42)34-40)55-51-23-11-12-24-52(51)56(50-25-13-19-39-18-7-8-20-45(39)50)54-36-43(30-31-53(54)55)47-33-32-46(38-16-5-2-6-17-38)48-21-9-10-22-49(47)48/h1-36H. The third-order valence-corrected chi connectivity index (χ3v) is 11.6. The molecular weight excluding hydrogens is 673 g/mol. The van der Waals surface area contributed by atoms with Crippen LogP contribution in [-0.2, 0) is 0 Å². The molecule has 0 N–H and O–H groups in total. The maximum Gasteiger partial charge on any atom is -0.00199 e. The Kier molecular flexibility index (Phi) is 7.60. The van der Waals surface area contributed by atoms with E-state index in [1.807, 2.05) is 0 Å². The average Bonchev–Trinajstić information content (AvgIpc) is 3.28. The van der Waals surface area contributed by atoms with Gasteiger partial charge >= 0.3 is 0 Å². The van der Waals surface area contributed by atoms with Gasteiger partial charge in [0, 0.05) is 0 Å². The largest absolute Gasteiger partial charge is 0.0622 e. The Balaban J connectivity index is 1.19. The van der Waals surface area contributed by atoms with Crippen LogP contribution in [0, 0.1) is 0 Å². The number of hydrogen-bond donors (Lipinski definition) is 0. The molecule has 0 nitrogen and oxygen atoms in total. The number of benzene rings is 11. The van der Waals surface area contributed by atoms with Gasteiger partial charge in [-0.3, -0.25) is 0 Å². The van der Waals surface area contributed by atoms with E-state index in [0.717, 1.165) is 0 Å². The normalized spacial score (nSPS) is 11.6. The summed E-state index contributed by atoms with van der Waals surface area (Å²) in [6.45, 7) is 0. The SMILES string of the molecule is c1ccc(-c2ccc3cc(-c4c5ccccc5c(-c5cccc6ccccc56)c5cc(-c6ccc(-c7ccccc7)c7ccccc67)ccc45)ccc3c2)cc1. The van der Waals surface area contributed by atoms with E-state index in [1.54, 1.807) is 0 Å². The Morgan fingerprint density at radius 1 is 0.179 bits per heavy atom. The van der Waals surface area contributed by atoms with Gasteiger partial charge in [0.1, 0.15) is 0 Å². The highest BCUT2D eigenvalue weighted by Crippen LogP contribution is 2.47. The minimum absolute atomic E-state index is 1.21. The molecule has 0 bridgehead atoms. The molecule has 0 saturated carbocycles. The molecule has 0 heterocycles. The predicted molar refractivity (Wildman–Crippen MR) is 241 cm³/mol. The van der Waals surface area contributed by atoms with Crippen LogP contribution in [0.15, 0.2) is 218 Å². The molecule has 0 saturated heterocycles. The Morgan fingerprint density at radius 2 is 0.679 bits per heavy atom. The molecule has 0 spiro atoms. The van der Waals surface area contributed by atoms with Crippen molar-refractivity contribution in [3.05, 3.63) is 218 Å². The van der Waals surface area contributed by atoms with Crippen LogP contribution in [-0.4, -0.2) is 0 Å². The van der Waals surface area contributed by atoms with E-state index < -0.39 is 0 Å². The van der Waals surface area contributed by atoms with Gasteiger partial charge in [-0.25, -0.2) is 0 Å². The van der Waals surface area contributed by atoms with Gasteiger partial charge in [0.05, 0.1) is 0 Å². The molecule has 11 aromatic carbocycles. The molecule has 0 aliphatic carbocycles. The summed E-state index contributed by atoms with van der Waals surface area (Å²) in [7, 11) is 0. The number of fused-ring (bicyclic) bond motifs is 5. The lowest BCUT2D eigenvalue weighted by molar-refractivity contribution is 1.63. The smallest absolute Gasteiger partial charge is 0.00199 e. The topological polar surface area (TPSA) is 0 Å². The van der Waals surface area contributed by atoms with Crippen molar-refractivity contribution in [2.45, 2.75) is 0 Å². The van der Waals surface area contributed by atoms with E-state index in [2.05, 4.69) is 218 Å². The van der Waals surface area contributed by atoms with E-state index in [0.29, 0.717) is 0 Å². The Labute approximate surface area is 326 Å². The maximum absolute atomic E-state index is 2.46. The summed E-state index contributed by atoms with van der Waals surface area (Å²) in [5, 5.41) is 12.5. The van der Waals surface area contributed by atoms with E-state index in [4.69, 9.17) is 0 Å². The second-order valence-electron chi connectivity index (χ2n) is 14.8. The van der Waals surface area contributed by atoms with E-state index >= 15 is 0 Å². The Bertz CT molecular complexity index is 3280. The fraction of sp³-hybridized carbons (Fsp3) is 0. The monoisotopic (exact) mass is 708 g/mol. The van der Waals surface area contributed by atoms with Crippen LogP contribution in [0.5, 0.6) is 0 Å². The van der Waals surface area contributed by atoms with Gasteiger partial charge in [0.25, 0.3) is 0 Å². The van der Waals surface area contributed by atoms with Crippen LogP contribution in [0.25, 0.3) is 109 Å². The summed E-state index contributed by atoms with van der Waals surface area (Å²) in [6, 6.07) is 80.4. The molecule has 11 aromatic rings. The van der Waals surface area contributed by atoms with Crippen LogP contribution >= 0.6 is 0 Å². The lowest BCUT2D eigenvalue weighted by Gasteiger charge is -2.20. The van der Waals surface area contributed by atoms with Crippen molar-refractivity contribution in [2.75, 3.05) is 0 Å². The Hall–Kier alpha value is -7.28. The first-order chi connectivity index (χ1) is 27.8. The molecule has 0 fully saturated rings. The zero-order valence-corrected chi connectivity index (χ0v) is 30.8. The highest BCUT2D eigenvalue weighted by molar-refractivity contribution is 6.24. The highest BCUT2D eigenvalue weighted by Gasteiger charge is 2.20. The van der Waals surface area contributed by atoms with Gasteiger partial charge in [0.2, 0.25) is 0 Å². The van der Waals surface area contributed by atoms with E-state index in [9.17, 15) is 0 Å². The lowest BCUT2D eigenvalue weighted by Crippen LogP contribution is -1.93. The lowest BCUT2D eigenvalue weighted by atomic mass is 9.83. The average molecular weight is 709 g/mol. The molecular formula is C56H36. The van der Waals surface area contributed by atoms with Crippen molar-refractivity contribution in [1.29, 1.82) is 0 Å². The second-order valence-corrected chi connectivity index (χ2v) is 14.8. The van der Waals surface area contributed by atoms with Gasteiger partial charge in [-0.15, -0.1) is 0 Å². The molecule has 0 unspecified atom stereocenters. The van der Waals surface area contributed by atoms with Crippen molar-refractivity contribution in [3.63, 3.8) is 0 Å². The quantitative estimate of drug-likeness (QED) is 0.156. The zero-order chi connectivity index (χ0) is 37.0. The van der Waals surface area contributed by atoms with Gasteiger partial charge in [-0.1, -0.05) is 200 Å². The highest BCUT2D eigenvalue weighted by atomic mass is 14.2. The molecule has 0 heteroatoms. The zero-order valence-electron chi connectivity index (χ0n) is 30.8. The Morgan fingerprint density at radius 3 is 1.39 bits per heavy atom. The summed E-state index contributed by atoms with van der Waals surface area (Å²) in [4.78, 5) is 0. The van der Waals surface area contributed by atoms with Crippen molar-refractivity contribution in [2.24, 2.45) is 0 Å². The third-order valence-electron chi connectivity index (χ3n) is 11.6. The molecule has 0 aliphatic heterocycles. The maximum atomic E-state index is 2.46. The summed E-state index contributed by atoms with van der Waals surface area (Å²) in [5.74, 6) is 0. The van der Waals surface area contributed by atoms with Gasteiger partial charge in [-0.05, 0) is 128 Å². The van der Waals surface area contributed by atoms with Crippen LogP contribution in [0.4, 0.5) is 0 Å². The van der Waals surface area contributed by atoms with Crippen LogP contribution in [0.3, 0.4) is 0 Å². The van der Waals surface area contributed by atoms with Crippen LogP contribution in [0.1, 0.15) is 0 Å². The van der Waals surface area contributed by atoms with Gasteiger partial charge in [0.15, 0.2) is 0 Å². The molecule has 56 heavy (non-hydrogen) atoms. The molecule has 11 rings (SSSR count). The van der Waals surface area contributed by atoms with Crippen molar-refractivity contribution in [3.8, 4) is 55.6 Å². The molecule has 0 aromatic heterocycles. The third kappa shape index (κ3) is 5.30. The first-order valence-corrected chi connectivity index (χ1v) is 19.4. The first-order valence-electron chi connectivity index (χ1n) is 19.4. The van der Waals surface area contributed by atoms with Crippen molar-refractivity contribution >= 4 is 53.9 Å². The van der Waals surface area contributed by atoms with Crippen molar-refractivity contribution < 1.29 is 0 Å². The number of rotatable bonds is 5. The summed E-state index contributed by atoms with van der Waals surface area (Å²) >= 11 is 0. The summed E-state index contributed by atoms with van der Waals surface area (Å²) in [6.07, 6.45) is 0. The van der Waals surface area contributed by atoms with E-state index in [1.165, 1.54) is 109 Å². The minimum Gasteiger partial charge on any atom is -0.0622 e.